The van der Waals surface area contributed by atoms with Crippen LogP contribution in [0.15, 0.2) is 56.9 Å². The summed E-state index contributed by atoms with van der Waals surface area (Å²) in [6.45, 7) is 0.258. The summed E-state index contributed by atoms with van der Waals surface area (Å²) in [6, 6.07) is 14.8. The molecule has 2 aromatic carbocycles. The second kappa shape index (κ2) is 8.95. The predicted molar refractivity (Wildman–Crippen MR) is 112 cm³/mol. The number of aromatic amines is 1. The molecule has 28 heavy (non-hydrogen) atoms. The highest BCUT2D eigenvalue weighted by molar-refractivity contribution is 9.10. The van der Waals surface area contributed by atoms with Gasteiger partial charge in [-0.25, -0.2) is 4.98 Å². The molecule has 0 atom stereocenters. The summed E-state index contributed by atoms with van der Waals surface area (Å²) in [6.07, 6.45) is 1.80. The van der Waals surface area contributed by atoms with Crippen molar-refractivity contribution >= 4 is 27.7 Å². The van der Waals surface area contributed by atoms with E-state index in [4.69, 9.17) is 9.47 Å². The summed E-state index contributed by atoms with van der Waals surface area (Å²) in [5.74, 6) is 1.35. The van der Waals surface area contributed by atoms with Crippen LogP contribution in [0, 0.1) is 11.3 Å². The lowest BCUT2D eigenvalue weighted by Crippen LogP contribution is -2.14. The number of halogens is 1. The maximum absolute atomic E-state index is 12.2. The number of aromatic nitrogens is 2. The van der Waals surface area contributed by atoms with Crippen molar-refractivity contribution in [2.45, 2.75) is 11.8 Å². The van der Waals surface area contributed by atoms with Crippen LogP contribution in [0.2, 0.25) is 0 Å². The summed E-state index contributed by atoms with van der Waals surface area (Å²) in [5.41, 5.74) is 1.27. The van der Waals surface area contributed by atoms with E-state index in [9.17, 15) is 10.1 Å². The van der Waals surface area contributed by atoms with E-state index in [0.717, 1.165) is 10.0 Å². The van der Waals surface area contributed by atoms with Crippen molar-refractivity contribution in [2.24, 2.45) is 0 Å². The molecule has 1 N–H and O–H groups in total. The summed E-state index contributed by atoms with van der Waals surface area (Å²) in [4.78, 5) is 19.2. The molecule has 0 spiro atoms. The second-order valence-electron chi connectivity index (χ2n) is 5.68. The largest absolute Gasteiger partial charge is 0.496 e. The number of ether oxygens (including phenoxy) is 2. The summed E-state index contributed by atoms with van der Waals surface area (Å²) in [7, 11) is 1.58. The van der Waals surface area contributed by atoms with Crippen molar-refractivity contribution < 1.29 is 9.47 Å². The van der Waals surface area contributed by atoms with E-state index in [-0.39, 0.29) is 12.2 Å². The molecule has 1 heterocycles. The van der Waals surface area contributed by atoms with Gasteiger partial charge in [-0.15, -0.1) is 0 Å². The van der Waals surface area contributed by atoms with Crippen molar-refractivity contribution in [3.05, 3.63) is 68.4 Å². The van der Waals surface area contributed by atoms with Crippen LogP contribution in [0.25, 0.3) is 11.3 Å². The highest BCUT2D eigenvalue weighted by Gasteiger charge is 2.15. The smallest absolute Gasteiger partial charge is 0.270 e. The Morgan fingerprint density at radius 3 is 2.79 bits per heavy atom. The minimum atomic E-state index is -0.459. The third kappa shape index (κ3) is 4.38. The molecule has 0 aliphatic carbocycles. The number of hydrogen-bond donors (Lipinski definition) is 1. The van der Waals surface area contributed by atoms with Gasteiger partial charge in [0.15, 0.2) is 5.16 Å². The molecular formula is C20H16BrN3O3S. The highest BCUT2D eigenvalue weighted by Crippen LogP contribution is 2.29. The lowest BCUT2D eigenvalue weighted by atomic mass is 10.0. The first-order valence-corrected chi connectivity index (χ1v) is 10.2. The number of methoxy groups -OCH3 is 1. The molecule has 0 saturated heterocycles. The molecule has 142 valence electrons. The van der Waals surface area contributed by atoms with Crippen LogP contribution in [0.5, 0.6) is 11.5 Å². The highest BCUT2D eigenvalue weighted by atomic mass is 79.9. The quantitative estimate of drug-likeness (QED) is 0.436. The normalized spacial score (nSPS) is 10.4. The minimum absolute atomic E-state index is 0.0261. The van der Waals surface area contributed by atoms with Gasteiger partial charge >= 0.3 is 0 Å². The molecule has 0 saturated carbocycles. The maximum Gasteiger partial charge on any atom is 0.270 e. The van der Waals surface area contributed by atoms with Crippen LogP contribution >= 0.6 is 27.7 Å². The van der Waals surface area contributed by atoms with E-state index in [0.29, 0.717) is 27.9 Å². The van der Waals surface area contributed by atoms with Crippen LogP contribution in [0.1, 0.15) is 11.1 Å². The monoisotopic (exact) mass is 457 g/mol. The Hall–Kier alpha value is -2.76. The van der Waals surface area contributed by atoms with Gasteiger partial charge in [-0.05, 0) is 42.7 Å². The fourth-order valence-corrected chi connectivity index (χ4v) is 3.37. The second-order valence-corrected chi connectivity index (χ2v) is 7.39. The average molecular weight is 458 g/mol. The number of nitrogens with zero attached hydrogens (tertiary/aromatic N) is 2. The van der Waals surface area contributed by atoms with Gasteiger partial charge in [-0.2, -0.15) is 5.26 Å². The molecule has 0 unspecified atom stereocenters. The van der Waals surface area contributed by atoms with Gasteiger partial charge in [-0.3, -0.25) is 4.79 Å². The van der Waals surface area contributed by atoms with Gasteiger partial charge in [0.25, 0.3) is 5.56 Å². The van der Waals surface area contributed by atoms with Crippen molar-refractivity contribution in [3.63, 3.8) is 0 Å². The maximum atomic E-state index is 12.2. The van der Waals surface area contributed by atoms with Gasteiger partial charge in [0.2, 0.25) is 0 Å². The molecule has 1 aromatic heterocycles. The van der Waals surface area contributed by atoms with Crippen LogP contribution in [-0.2, 0) is 6.61 Å². The van der Waals surface area contributed by atoms with Gasteiger partial charge < -0.3 is 14.5 Å². The van der Waals surface area contributed by atoms with Gasteiger partial charge in [0, 0.05) is 15.6 Å². The summed E-state index contributed by atoms with van der Waals surface area (Å²) < 4.78 is 12.2. The van der Waals surface area contributed by atoms with Gasteiger partial charge in [-0.1, -0.05) is 33.8 Å². The zero-order valence-corrected chi connectivity index (χ0v) is 17.6. The SMILES string of the molecule is COc1ccc(-c2nc(SC)[nH]c(=O)c2C#N)cc1COc1cccc(Br)c1. The molecule has 6 nitrogen and oxygen atoms in total. The number of nitrogens with one attached hydrogen (secondary N) is 1. The Bertz CT molecular complexity index is 1110. The van der Waals surface area contributed by atoms with Crippen LogP contribution < -0.4 is 15.0 Å². The zero-order chi connectivity index (χ0) is 20.1. The van der Waals surface area contributed by atoms with Gasteiger partial charge in [0.1, 0.15) is 29.7 Å². The molecule has 3 rings (SSSR count). The Balaban J connectivity index is 2.01. The number of hydrogen-bond acceptors (Lipinski definition) is 6. The average Bonchev–Trinajstić information content (AvgIpc) is 2.71. The molecule has 0 radical (unpaired) electrons. The van der Waals surface area contributed by atoms with E-state index in [2.05, 4.69) is 25.9 Å². The van der Waals surface area contributed by atoms with E-state index in [1.54, 1.807) is 25.5 Å². The topological polar surface area (TPSA) is 88.0 Å². The number of rotatable bonds is 6. The molecule has 0 aliphatic rings. The first-order valence-electron chi connectivity index (χ1n) is 8.19. The Morgan fingerprint density at radius 2 is 2.11 bits per heavy atom. The molecule has 8 heteroatoms. The van der Waals surface area contributed by atoms with Crippen LogP contribution in [-0.4, -0.2) is 23.3 Å². The Kier molecular flexibility index (Phi) is 6.39. The third-order valence-corrected chi connectivity index (χ3v) is 5.02. The van der Waals surface area contributed by atoms with E-state index in [1.807, 2.05) is 36.4 Å². The fraction of sp³-hybridized carbons (Fsp3) is 0.150. The molecule has 0 amide bonds. The molecule has 0 bridgehead atoms. The minimum Gasteiger partial charge on any atom is -0.496 e. The first-order chi connectivity index (χ1) is 13.5. The number of H-pyrrole nitrogens is 1. The third-order valence-electron chi connectivity index (χ3n) is 3.95. The fourth-order valence-electron chi connectivity index (χ4n) is 2.62. The van der Waals surface area contributed by atoms with Crippen molar-refractivity contribution in [2.75, 3.05) is 13.4 Å². The van der Waals surface area contributed by atoms with E-state index < -0.39 is 5.56 Å². The molecular weight excluding hydrogens is 442 g/mol. The number of thioether (sulfide) groups is 1. The predicted octanol–water partition coefficient (Wildman–Crippen LogP) is 4.38. The molecule has 0 aliphatic heterocycles. The van der Waals surface area contributed by atoms with Gasteiger partial charge in [0.05, 0.1) is 12.8 Å². The summed E-state index contributed by atoms with van der Waals surface area (Å²) >= 11 is 4.72. The van der Waals surface area contributed by atoms with Crippen LogP contribution in [0.3, 0.4) is 0 Å². The molecule has 3 aromatic rings. The summed E-state index contributed by atoms with van der Waals surface area (Å²) in [5, 5.41) is 9.85. The lowest BCUT2D eigenvalue weighted by Gasteiger charge is -2.13. The van der Waals surface area contributed by atoms with E-state index in [1.165, 1.54) is 11.8 Å². The zero-order valence-electron chi connectivity index (χ0n) is 15.2. The van der Waals surface area contributed by atoms with Crippen molar-refractivity contribution in [3.8, 4) is 28.8 Å². The standard InChI is InChI=1S/C20H16BrN3O3S/c1-26-17-7-6-12(18-16(10-22)19(25)24-20(23-18)28-2)8-13(17)11-27-15-5-3-4-14(21)9-15/h3-9H,11H2,1-2H3,(H,23,24,25). The van der Waals surface area contributed by atoms with Crippen molar-refractivity contribution in [1.82, 2.24) is 9.97 Å². The number of benzene rings is 2. The first kappa shape index (κ1) is 20.0. The van der Waals surface area contributed by atoms with Crippen LogP contribution in [0.4, 0.5) is 0 Å². The van der Waals surface area contributed by atoms with Crippen molar-refractivity contribution in [1.29, 1.82) is 5.26 Å². The lowest BCUT2D eigenvalue weighted by molar-refractivity contribution is 0.296. The van der Waals surface area contributed by atoms with E-state index >= 15 is 0 Å². The Labute approximate surface area is 174 Å². The number of nitriles is 1. The molecule has 0 fully saturated rings. The Morgan fingerprint density at radius 1 is 1.29 bits per heavy atom.